The van der Waals surface area contributed by atoms with Crippen molar-refractivity contribution in [3.63, 3.8) is 0 Å². The van der Waals surface area contributed by atoms with Crippen LogP contribution >= 0.6 is 0 Å². The molecule has 3 N–H and O–H groups in total. The zero-order valence-electron chi connectivity index (χ0n) is 12.9. The van der Waals surface area contributed by atoms with E-state index in [1.807, 2.05) is 6.07 Å². The lowest BCUT2D eigenvalue weighted by Gasteiger charge is -2.42. The summed E-state index contributed by atoms with van der Waals surface area (Å²) in [5.74, 6) is 6.74. The van der Waals surface area contributed by atoms with Crippen LogP contribution in [0.5, 0.6) is 5.75 Å². The van der Waals surface area contributed by atoms with Gasteiger partial charge < -0.3 is 9.64 Å². The van der Waals surface area contributed by atoms with Crippen LogP contribution in [0.15, 0.2) is 18.2 Å². The number of nitrogens with two attached hydrogens (primary N) is 1. The first-order valence-electron chi connectivity index (χ1n) is 7.06. The van der Waals surface area contributed by atoms with Crippen LogP contribution in [0.4, 0.5) is 0 Å². The Balaban J connectivity index is 2.27. The van der Waals surface area contributed by atoms with Crippen LogP contribution in [0.3, 0.4) is 0 Å². The second kappa shape index (κ2) is 6.54. The van der Waals surface area contributed by atoms with Gasteiger partial charge in [0.15, 0.2) is 0 Å². The minimum absolute atomic E-state index is 0.119. The second-order valence-electron chi connectivity index (χ2n) is 5.68. The summed E-state index contributed by atoms with van der Waals surface area (Å²) < 4.78 is 5.28. The first-order chi connectivity index (χ1) is 9.56. The number of methoxy groups -OCH3 is 1. The molecule has 1 heterocycles. The zero-order chi connectivity index (χ0) is 14.7. The summed E-state index contributed by atoms with van der Waals surface area (Å²) >= 11 is 0. The van der Waals surface area contributed by atoms with Crippen molar-refractivity contribution in [1.29, 1.82) is 0 Å². The van der Waals surface area contributed by atoms with Crippen LogP contribution in [-0.4, -0.2) is 56.7 Å². The summed E-state index contributed by atoms with van der Waals surface area (Å²) in [6.45, 7) is 5.28. The number of hydrazine groups is 1. The average molecular weight is 278 g/mol. The van der Waals surface area contributed by atoms with Crippen molar-refractivity contribution in [2.75, 3.05) is 40.8 Å². The minimum Gasteiger partial charge on any atom is -0.497 e. The molecule has 0 saturated carbocycles. The van der Waals surface area contributed by atoms with Crippen molar-refractivity contribution in [3.05, 3.63) is 29.3 Å². The average Bonchev–Trinajstić information content (AvgIpc) is 2.44. The van der Waals surface area contributed by atoms with E-state index in [-0.39, 0.29) is 6.04 Å². The molecule has 1 fully saturated rings. The second-order valence-corrected chi connectivity index (χ2v) is 5.68. The predicted octanol–water partition coefficient (Wildman–Crippen LogP) is 0.754. The van der Waals surface area contributed by atoms with Crippen molar-refractivity contribution in [1.82, 2.24) is 15.2 Å². The molecule has 112 valence electrons. The summed E-state index contributed by atoms with van der Waals surface area (Å²) in [4.78, 5) is 4.74. The van der Waals surface area contributed by atoms with Gasteiger partial charge in [0.05, 0.1) is 13.2 Å². The summed E-state index contributed by atoms with van der Waals surface area (Å²) in [6, 6.07) is 6.66. The van der Waals surface area contributed by atoms with Gasteiger partial charge in [0.2, 0.25) is 0 Å². The molecule has 0 aromatic heterocycles. The van der Waals surface area contributed by atoms with Crippen LogP contribution < -0.4 is 16.0 Å². The lowest BCUT2D eigenvalue weighted by molar-refractivity contribution is 0.0875. The predicted molar refractivity (Wildman–Crippen MR) is 81.7 cm³/mol. The number of ether oxygens (including phenoxy) is 1. The maximum Gasteiger partial charge on any atom is 0.119 e. The molecule has 5 heteroatoms. The van der Waals surface area contributed by atoms with E-state index in [1.54, 1.807) is 7.11 Å². The van der Waals surface area contributed by atoms with Crippen molar-refractivity contribution in [2.24, 2.45) is 5.84 Å². The fourth-order valence-corrected chi connectivity index (χ4v) is 2.94. The summed E-state index contributed by atoms with van der Waals surface area (Å²) in [7, 11) is 6.02. The highest BCUT2D eigenvalue weighted by atomic mass is 16.5. The first-order valence-corrected chi connectivity index (χ1v) is 7.06. The number of hydrogen-bond acceptors (Lipinski definition) is 5. The number of aryl methyl sites for hydroxylation is 1. The van der Waals surface area contributed by atoms with Gasteiger partial charge in [-0.1, -0.05) is 6.07 Å². The molecule has 0 spiro atoms. The molecule has 2 atom stereocenters. The Hall–Kier alpha value is -1.14. The Kier molecular flexibility index (Phi) is 4.99. The molecule has 1 aliphatic rings. The van der Waals surface area contributed by atoms with Crippen molar-refractivity contribution >= 4 is 0 Å². The fourth-order valence-electron chi connectivity index (χ4n) is 2.94. The highest BCUT2D eigenvalue weighted by Crippen LogP contribution is 2.27. The van der Waals surface area contributed by atoms with Crippen molar-refractivity contribution in [3.8, 4) is 5.75 Å². The molecule has 0 bridgehead atoms. The topological polar surface area (TPSA) is 53.8 Å². The van der Waals surface area contributed by atoms with Gasteiger partial charge in [0.25, 0.3) is 0 Å². The Morgan fingerprint density at radius 2 is 2.10 bits per heavy atom. The number of benzene rings is 1. The standard InChI is InChI=1S/C15H26N4O/c1-11-9-12(20-4)5-6-13(11)15(17-16)14-10-18(2)7-8-19(14)3/h5-6,9,14-15,17H,7-8,10,16H2,1-4H3. The van der Waals surface area contributed by atoms with E-state index in [2.05, 4.69) is 48.4 Å². The van der Waals surface area contributed by atoms with Crippen LogP contribution in [0.25, 0.3) is 0 Å². The lowest BCUT2D eigenvalue weighted by Crippen LogP contribution is -2.56. The van der Waals surface area contributed by atoms with E-state index in [1.165, 1.54) is 11.1 Å². The first kappa shape index (κ1) is 15.3. The SMILES string of the molecule is COc1ccc(C(NN)C2CN(C)CCN2C)c(C)c1. The molecule has 2 unspecified atom stereocenters. The van der Waals surface area contributed by atoms with E-state index in [0.29, 0.717) is 6.04 Å². The highest BCUT2D eigenvalue weighted by molar-refractivity contribution is 5.37. The Morgan fingerprint density at radius 1 is 1.35 bits per heavy atom. The van der Waals surface area contributed by atoms with Gasteiger partial charge in [-0.15, -0.1) is 0 Å². The molecule has 20 heavy (non-hydrogen) atoms. The molecule has 0 amide bonds. The molecule has 1 aromatic carbocycles. The van der Waals surface area contributed by atoms with Gasteiger partial charge in [0, 0.05) is 25.7 Å². The Bertz CT molecular complexity index is 451. The van der Waals surface area contributed by atoms with Crippen molar-refractivity contribution < 1.29 is 4.74 Å². The molecular formula is C15H26N4O. The van der Waals surface area contributed by atoms with E-state index in [0.717, 1.165) is 25.4 Å². The third kappa shape index (κ3) is 3.12. The van der Waals surface area contributed by atoms with Crippen LogP contribution in [0, 0.1) is 6.92 Å². The third-order valence-electron chi connectivity index (χ3n) is 4.28. The van der Waals surface area contributed by atoms with Gasteiger partial charge in [-0.05, 0) is 44.3 Å². The third-order valence-corrected chi connectivity index (χ3v) is 4.28. The summed E-state index contributed by atoms with van der Waals surface area (Å²) in [6.07, 6.45) is 0. The number of hydrogen-bond donors (Lipinski definition) is 2. The van der Waals surface area contributed by atoms with Crippen LogP contribution in [0.1, 0.15) is 17.2 Å². The van der Waals surface area contributed by atoms with E-state index in [9.17, 15) is 0 Å². The summed E-state index contributed by atoms with van der Waals surface area (Å²) in [5.41, 5.74) is 5.45. The molecule has 0 aliphatic carbocycles. The van der Waals surface area contributed by atoms with E-state index < -0.39 is 0 Å². The van der Waals surface area contributed by atoms with Gasteiger partial charge in [0.1, 0.15) is 5.75 Å². The number of piperazine rings is 1. The number of likely N-dealkylation sites (N-methyl/N-ethyl adjacent to an activating group) is 2. The quantitative estimate of drug-likeness (QED) is 0.629. The van der Waals surface area contributed by atoms with Crippen LogP contribution in [0.2, 0.25) is 0 Å². The molecular weight excluding hydrogens is 252 g/mol. The lowest BCUT2D eigenvalue weighted by atomic mass is 9.93. The Labute approximate surface area is 121 Å². The fraction of sp³-hybridized carbons (Fsp3) is 0.600. The van der Waals surface area contributed by atoms with Gasteiger partial charge >= 0.3 is 0 Å². The van der Waals surface area contributed by atoms with E-state index >= 15 is 0 Å². The highest BCUT2D eigenvalue weighted by Gasteiger charge is 2.31. The maximum absolute atomic E-state index is 5.86. The molecule has 0 radical (unpaired) electrons. The molecule has 1 saturated heterocycles. The number of rotatable bonds is 4. The van der Waals surface area contributed by atoms with Crippen LogP contribution in [-0.2, 0) is 0 Å². The minimum atomic E-state index is 0.119. The largest absolute Gasteiger partial charge is 0.497 e. The maximum atomic E-state index is 5.86. The molecule has 2 rings (SSSR count). The smallest absolute Gasteiger partial charge is 0.119 e. The number of nitrogens with zero attached hydrogens (tertiary/aromatic N) is 2. The summed E-state index contributed by atoms with van der Waals surface area (Å²) in [5, 5.41) is 0. The normalized spacial score (nSPS) is 22.8. The zero-order valence-corrected chi connectivity index (χ0v) is 12.9. The van der Waals surface area contributed by atoms with E-state index in [4.69, 9.17) is 10.6 Å². The Morgan fingerprint density at radius 3 is 2.70 bits per heavy atom. The molecule has 5 nitrogen and oxygen atoms in total. The molecule has 1 aromatic rings. The molecule has 1 aliphatic heterocycles. The monoisotopic (exact) mass is 278 g/mol. The number of nitrogens with one attached hydrogen (secondary N) is 1. The van der Waals surface area contributed by atoms with Crippen molar-refractivity contribution in [2.45, 2.75) is 19.0 Å². The van der Waals surface area contributed by atoms with Gasteiger partial charge in [-0.2, -0.15) is 0 Å². The van der Waals surface area contributed by atoms with Gasteiger partial charge in [-0.3, -0.25) is 16.2 Å². The van der Waals surface area contributed by atoms with Gasteiger partial charge in [-0.25, -0.2) is 0 Å².